The Bertz CT molecular complexity index is 596. The van der Waals surface area contributed by atoms with E-state index in [9.17, 15) is 0 Å². The second kappa shape index (κ2) is 5.10. The lowest BCUT2D eigenvalue weighted by molar-refractivity contribution is 0.482. The predicted octanol–water partition coefficient (Wildman–Crippen LogP) is 3.72. The Hall–Kier alpha value is -2.00. The highest BCUT2D eigenvalue weighted by atomic mass is 35.5. The highest BCUT2D eigenvalue weighted by molar-refractivity contribution is 6.30. The van der Waals surface area contributed by atoms with Gasteiger partial charge in [-0.1, -0.05) is 17.7 Å². The number of halogens is 1. The third kappa shape index (κ3) is 2.81. The molecule has 0 saturated carbocycles. The summed E-state index contributed by atoms with van der Waals surface area (Å²) in [5, 5.41) is 8.04. The maximum absolute atomic E-state index is 7.42. The Kier molecular flexibility index (Phi) is 3.53. The van der Waals surface area contributed by atoms with Crippen molar-refractivity contribution >= 4 is 17.4 Å². The minimum atomic E-state index is 0.0572. The van der Waals surface area contributed by atoms with Crippen LogP contribution >= 0.6 is 11.6 Å². The van der Waals surface area contributed by atoms with Gasteiger partial charge in [0.25, 0.3) is 0 Å². The third-order valence-corrected chi connectivity index (χ3v) is 2.75. The number of nitrogen functional groups attached to an aromatic ring is 1. The van der Waals surface area contributed by atoms with E-state index in [1.165, 1.54) is 0 Å². The van der Waals surface area contributed by atoms with E-state index in [4.69, 9.17) is 27.5 Å². The van der Waals surface area contributed by atoms with Crippen LogP contribution < -0.4 is 10.5 Å². The molecule has 0 bridgehead atoms. The van der Waals surface area contributed by atoms with Crippen LogP contribution in [0.4, 0.5) is 0 Å². The van der Waals surface area contributed by atoms with Gasteiger partial charge in [0.1, 0.15) is 17.3 Å². The normalized spacial score (nSPS) is 10.1. The van der Waals surface area contributed by atoms with E-state index in [0.717, 1.165) is 5.56 Å². The Balaban J connectivity index is 2.25. The molecule has 2 rings (SSSR count). The lowest BCUT2D eigenvalue weighted by Gasteiger charge is -2.09. The molecule has 0 spiro atoms. The van der Waals surface area contributed by atoms with Crippen molar-refractivity contribution in [2.75, 3.05) is 0 Å². The van der Waals surface area contributed by atoms with Gasteiger partial charge in [-0.05, 0) is 48.9 Å². The predicted molar refractivity (Wildman–Crippen MR) is 73.7 cm³/mol. The first-order valence-electron chi connectivity index (χ1n) is 5.45. The molecule has 0 aromatic heterocycles. The number of ether oxygens (including phenoxy) is 1. The number of benzene rings is 2. The Labute approximate surface area is 111 Å². The van der Waals surface area contributed by atoms with Crippen molar-refractivity contribution in [2.24, 2.45) is 5.73 Å². The van der Waals surface area contributed by atoms with Crippen molar-refractivity contribution in [3.8, 4) is 11.5 Å². The average Bonchev–Trinajstić information content (AvgIpc) is 2.28. The third-order valence-electron chi connectivity index (χ3n) is 2.52. The Morgan fingerprint density at radius 2 is 1.89 bits per heavy atom. The van der Waals surface area contributed by atoms with E-state index in [1.54, 1.807) is 24.3 Å². The quantitative estimate of drug-likeness (QED) is 0.653. The molecule has 2 aromatic carbocycles. The van der Waals surface area contributed by atoms with E-state index < -0.39 is 0 Å². The van der Waals surface area contributed by atoms with Gasteiger partial charge in [-0.15, -0.1) is 0 Å². The molecule has 3 N–H and O–H groups in total. The summed E-state index contributed by atoms with van der Waals surface area (Å²) in [4.78, 5) is 0. The van der Waals surface area contributed by atoms with Crippen molar-refractivity contribution in [1.82, 2.24) is 0 Å². The lowest BCUT2D eigenvalue weighted by Crippen LogP contribution is -2.12. The lowest BCUT2D eigenvalue weighted by atomic mass is 10.1. The van der Waals surface area contributed by atoms with Crippen LogP contribution in [-0.2, 0) is 0 Å². The zero-order chi connectivity index (χ0) is 13.1. The van der Waals surface area contributed by atoms with E-state index in [-0.39, 0.29) is 5.84 Å². The average molecular weight is 261 g/mol. The number of hydrogen-bond donors (Lipinski definition) is 2. The molecule has 0 amide bonds. The van der Waals surface area contributed by atoms with Gasteiger partial charge in [-0.3, -0.25) is 5.41 Å². The number of nitrogens with two attached hydrogens (primary N) is 1. The first-order chi connectivity index (χ1) is 8.56. The molecule has 0 unspecified atom stereocenters. The number of aryl methyl sites for hydroxylation is 1. The molecular weight excluding hydrogens is 248 g/mol. The number of amidine groups is 1. The summed E-state index contributed by atoms with van der Waals surface area (Å²) >= 11 is 5.88. The van der Waals surface area contributed by atoms with Crippen molar-refractivity contribution in [3.63, 3.8) is 0 Å². The fourth-order valence-electron chi connectivity index (χ4n) is 1.67. The summed E-state index contributed by atoms with van der Waals surface area (Å²) in [6.45, 7) is 1.89. The zero-order valence-corrected chi connectivity index (χ0v) is 10.7. The van der Waals surface area contributed by atoms with Gasteiger partial charge in [-0.2, -0.15) is 0 Å². The zero-order valence-electron chi connectivity index (χ0n) is 9.91. The molecule has 2 aromatic rings. The van der Waals surface area contributed by atoms with Crippen molar-refractivity contribution in [3.05, 3.63) is 58.6 Å². The maximum Gasteiger partial charge on any atom is 0.128 e. The van der Waals surface area contributed by atoms with Crippen molar-refractivity contribution < 1.29 is 4.74 Å². The second-order valence-electron chi connectivity index (χ2n) is 3.95. The molecule has 0 aliphatic heterocycles. The largest absolute Gasteiger partial charge is 0.457 e. The smallest absolute Gasteiger partial charge is 0.128 e. The van der Waals surface area contributed by atoms with Crippen LogP contribution in [-0.4, -0.2) is 5.84 Å². The summed E-state index contributed by atoms with van der Waals surface area (Å²) in [5.74, 6) is 1.43. The van der Waals surface area contributed by atoms with Crippen LogP contribution in [0.5, 0.6) is 11.5 Å². The summed E-state index contributed by atoms with van der Waals surface area (Å²) < 4.78 is 5.68. The second-order valence-corrected chi connectivity index (χ2v) is 4.39. The molecular formula is C14H13ClN2O. The van der Waals surface area contributed by atoms with Gasteiger partial charge < -0.3 is 10.5 Å². The van der Waals surface area contributed by atoms with Crippen LogP contribution in [0.2, 0.25) is 5.02 Å². The van der Waals surface area contributed by atoms with Crippen LogP contribution in [0.3, 0.4) is 0 Å². The molecule has 0 aliphatic carbocycles. The van der Waals surface area contributed by atoms with Crippen LogP contribution in [0, 0.1) is 12.3 Å². The van der Waals surface area contributed by atoms with Gasteiger partial charge in [0.2, 0.25) is 0 Å². The highest BCUT2D eigenvalue weighted by Crippen LogP contribution is 2.25. The van der Waals surface area contributed by atoms with E-state index in [1.807, 2.05) is 25.1 Å². The van der Waals surface area contributed by atoms with Crippen LogP contribution in [0.15, 0.2) is 42.5 Å². The minimum absolute atomic E-state index is 0.0572. The topological polar surface area (TPSA) is 59.1 Å². The standard InChI is InChI=1S/C14H13ClN2O/c1-9-7-12(5-6-13(9)14(16)17)18-11-4-2-3-10(15)8-11/h2-8H,1H3,(H3,16,17). The molecule has 3 nitrogen and oxygen atoms in total. The fourth-order valence-corrected chi connectivity index (χ4v) is 1.85. The van der Waals surface area contributed by atoms with Crippen LogP contribution in [0.25, 0.3) is 0 Å². The molecule has 0 saturated heterocycles. The molecule has 92 valence electrons. The van der Waals surface area contributed by atoms with E-state index in [0.29, 0.717) is 22.1 Å². The summed E-state index contributed by atoms with van der Waals surface area (Å²) in [7, 11) is 0. The molecule has 4 heteroatoms. The monoisotopic (exact) mass is 260 g/mol. The molecule has 18 heavy (non-hydrogen) atoms. The molecule has 0 heterocycles. The summed E-state index contributed by atoms with van der Waals surface area (Å²) in [6, 6.07) is 12.6. The van der Waals surface area contributed by atoms with Gasteiger partial charge in [0.15, 0.2) is 0 Å². The first-order valence-corrected chi connectivity index (χ1v) is 5.82. The molecule has 0 radical (unpaired) electrons. The Morgan fingerprint density at radius 1 is 1.17 bits per heavy atom. The number of rotatable bonds is 3. The van der Waals surface area contributed by atoms with Crippen molar-refractivity contribution in [2.45, 2.75) is 6.92 Å². The number of hydrogen-bond acceptors (Lipinski definition) is 2. The molecule has 0 aliphatic rings. The summed E-state index contributed by atoms with van der Waals surface area (Å²) in [6.07, 6.45) is 0. The number of nitrogens with one attached hydrogen (secondary N) is 1. The first kappa shape index (κ1) is 12.5. The van der Waals surface area contributed by atoms with Crippen molar-refractivity contribution in [1.29, 1.82) is 5.41 Å². The van der Waals surface area contributed by atoms with Gasteiger partial charge >= 0.3 is 0 Å². The molecule has 0 fully saturated rings. The SMILES string of the molecule is Cc1cc(Oc2cccc(Cl)c2)ccc1C(=N)N. The van der Waals surface area contributed by atoms with E-state index in [2.05, 4.69) is 0 Å². The Morgan fingerprint density at radius 3 is 2.50 bits per heavy atom. The highest BCUT2D eigenvalue weighted by Gasteiger charge is 2.04. The van der Waals surface area contributed by atoms with Gasteiger partial charge in [0.05, 0.1) is 0 Å². The van der Waals surface area contributed by atoms with Crippen LogP contribution in [0.1, 0.15) is 11.1 Å². The van der Waals surface area contributed by atoms with Gasteiger partial charge in [-0.25, -0.2) is 0 Å². The molecule has 0 atom stereocenters. The summed E-state index contributed by atoms with van der Waals surface area (Å²) in [5.41, 5.74) is 7.08. The maximum atomic E-state index is 7.42. The minimum Gasteiger partial charge on any atom is -0.457 e. The van der Waals surface area contributed by atoms with Gasteiger partial charge in [0, 0.05) is 10.6 Å². The van der Waals surface area contributed by atoms with E-state index >= 15 is 0 Å². The fraction of sp³-hybridized carbons (Fsp3) is 0.0714.